The van der Waals surface area contributed by atoms with Crippen LogP contribution in [0.15, 0.2) is 54.6 Å². The lowest BCUT2D eigenvalue weighted by atomic mass is 9.89. The summed E-state index contributed by atoms with van der Waals surface area (Å²) in [5.74, 6) is 0.132. The number of likely N-dealkylation sites (tertiary alicyclic amines) is 1. The Bertz CT molecular complexity index is 740. The molecule has 1 heterocycles. The van der Waals surface area contributed by atoms with Crippen molar-refractivity contribution in [2.24, 2.45) is 0 Å². The molecule has 0 bridgehead atoms. The van der Waals surface area contributed by atoms with E-state index in [2.05, 4.69) is 29.6 Å². The van der Waals surface area contributed by atoms with Gasteiger partial charge < -0.3 is 10.2 Å². The largest absolute Gasteiger partial charge is 0.343 e. The van der Waals surface area contributed by atoms with Gasteiger partial charge in [-0.15, -0.1) is 0 Å². The first-order valence-electron chi connectivity index (χ1n) is 8.50. The molecule has 0 atom stereocenters. The third kappa shape index (κ3) is 4.40. The Morgan fingerprint density at radius 2 is 1.64 bits per heavy atom. The molecule has 1 N–H and O–H groups in total. The van der Waals surface area contributed by atoms with Gasteiger partial charge in [-0.25, -0.2) is 0 Å². The van der Waals surface area contributed by atoms with Crippen molar-refractivity contribution in [2.75, 3.05) is 19.6 Å². The number of halogens is 1. The molecule has 2 aromatic carbocycles. The number of rotatable bonds is 4. The Morgan fingerprint density at radius 3 is 2.32 bits per heavy atom. The van der Waals surface area contributed by atoms with Gasteiger partial charge in [0.25, 0.3) is 5.91 Å². The van der Waals surface area contributed by atoms with Crippen molar-refractivity contribution in [1.29, 1.82) is 0 Å². The Morgan fingerprint density at radius 1 is 1.00 bits per heavy atom. The molecule has 1 aliphatic heterocycles. The summed E-state index contributed by atoms with van der Waals surface area (Å²) >= 11 is 6.00. The summed E-state index contributed by atoms with van der Waals surface area (Å²) in [6.45, 7) is 1.45. The van der Waals surface area contributed by atoms with Crippen LogP contribution in [0.2, 0.25) is 5.02 Å². The molecule has 1 saturated heterocycles. The molecule has 25 heavy (non-hydrogen) atoms. The lowest BCUT2D eigenvalue weighted by Crippen LogP contribution is -2.43. The van der Waals surface area contributed by atoms with Gasteiger partial charge in [-0.3, -0.25) is 9.59 Å². The summed E-state index contributed by atoms with van der Waals surface area (Å²) in [6.07, 6.45) is 1.91. The Labute approximate surface area is 152 Å². The van der Waals surface area contributed by atoms with Crippen molar-refractivity contribution >= 4 is 23.4 Å². The Hall–Kier alpha value is -2.33. The number of amides is 2. The SMILES string of the molecule is O=C(NCC(=O)N1CCC(c2ccccc2)CC1)c1ccccc1Cl. The van der Waals surface area contributed by atoms with Gasteiger partial charge in [0.2, 0.25) is 5.91 Å². The summed E-state index contributed by atoms with van der Waals surface area (Å²) in [5.41, 5.74) is 1.72. The van der Waals surface area contributed by atoms with E-state index in [-0.39, 0.29) is 18.4 Å². The van der Waals surface area contributed by atoms with E-state index < -0.39 is 0 Å². The molecule has 5 heteroatoms. The molecule has 0 saturated carbocycles. The van der Waals surface area contributed by atoms with Crippen molar-refractivity contribution < 1.29 is 9.59 Å². The zero-order valence-electron chi connectivity index (χ0n) is 14.0. The average Bonchev–Trinajstić information content (AvgIpc) is 2.67. The van der Waals surface area contributed by atoms with Gasteiger partial charge in [0, 0.05) is 13.1 Å². The third-order valence-corrected chi connectivity index (χ3v) is 4.97. The van der Waals surface area contributed by atoms with Crippen LogP contribution in [0.25, 0.3) is 0 Å². The molecule has 0 radical (unpaired) electrons. The van der Waals surface area contributed by atoms with E-state index in [0.717, 1.165) is 25.9 Å². The van der Waals surface area contributed by atoms with Crippen LogP contribution >= 0.6 is 11.6 Å². The number of nitrogens with zero attached hydrogens (tertiary/aromatic N) is 1. The van der Waals surface area contributed by atoms with E-state index in [1.807, 2.05) is 11.0 Å². The van der Waals surface area contributed by atoms with Gasteiger partial charge in [-0.05, 0) is 36.5 Å². The second-order valence-electron chi connectivity index (χ2n) is 6.23. The summed E-state index contributed by atoms with van der Waals surface area (Å²) in [6, 6.07) is 17.2. The summed E-state index contributed by atoms with van der Waals surface area (Å²) < 4.78 is 0. The Kier molecular flexibility index (Phi) is 5.71. The number of carbonyl (C=O) groups excluding carboxylic acids is 2. The molecular weight excluding hydrogens is 336 g/mol. The number of hydrogen-bond donors (Lipinski definition) is 1. The predicted octanol–water partition coefficient (Wildman–Crippen LogP) is 3.48. The van der Waals surface area contributed by atoms with Crippen LogP contribution in [0.3, 0.4) is 0 Å². The first-order chi connectivity index (χ1) is 12.1. The lowest BCUT2D eigenvalue weighted by molar-refractivity contribution is -0.131. The molecule has 1 fully saturated rings. The summed E-state index contributed by atoms with van der Waals surface area (Å²) in [7, 11) is 0. The van der Waals surface area contributed by atoms with Gasteiger partial charge >= 0.3 is 0 Å². The first kappa shape index (κ1) is 17.5. The van der Waals surface area contributed by atoms with Gasteiger partial charge in [-0.2, -0.15) is 0 Å². The smallest absolute Gasteiger partial charge is 0.253 e. The maximum Gasteiger partial charge on any atom is 0.253 e. The van der Waals surface area contributed by atoms with Crippen molar-refractivity contribution in [2.45, 2.75) is 18.8 Å². The van der Waals surface area contributed by atoms with Crippen molar-refractivity contribution in [3.63, 3.8) is 0 Å². The number of nitrogens with one attached hydrogen (secondary N) is 1. The van der Waals surface area contributed by atoms with Crippen LogP contribution in [-0.2, 0) is 4.79 Å². The minimum atomic E-state index is -0.321. The zero-order valence-corrected chi connectivity index (χ0v) is 14.7. The minimum absolute atomic E-state index is 0.0000597. The fourth-order valence-corrected chi connectivity index (χ4v) is 3.42. The van der Waals surface area contributed by atoms with Gasteiger partial charge in [0.15, 0.2) is 0 Å². The average molecular weight is 357 g/mol. The molecule has 0 spiro atoms. The number of piperidine rings is 1. The van der Waals surface area contributed by atoms with E-state index in [1.54, 1.807) is 24.3 Å². The fourth-order valence-electron chi connectivity index (χ4n) is 3.20. The van der Waals surface area contributed by atoms with Crippen LogP contribution < -0.4 is 5.32 Å². The zero-order chi connectivity index (χ0) is 17.6. The van der Waals surface area contributed by atoms with E-state index in [1.165, 1.54) is 5.56 Å². The molecule has 0 aromatic heterocycles. The van der Waals surface area contributed by atoms with Crippen molar-refractivity contribution in [1.82, 2.24) is 10.2 Å². The van der Waals surface area contributed by atoms with E-state index in [4.69, 9.17) is 11.6 Å². The number of carbonyl (C=O) groups is 2. The topological polar surface area (TPSA) is 49.4 Å². The van der Waals surface area contributed by atoms with Crippen LogP contribution in [0.4, 0.5) is 0 Å². The first-order valence-corrected chi connectivity index (χ1v) is 8.88. The highest BCUT2D eigenvalue weighted by Gasteiger charge is 2.24. The molecule has 2 aromatic rings. The highest BCUT2D eigenvalue weighted by Crippen LogP contribution is 2.27. The molecule has 0 unspecified atom stereocenters. The molecule has 4 nitrogen and oxygen atoms in total. The quantitative estimate of drug-likeness (QED) is 0.911. The molecule has 0 aliphatic carbocycles. The number of benzene rings is 2. The molecule has 3 rings (SSSR count). The monoisotopic (exact) mass is 356 g/mol. The van der Waals surface area contributed by atoms with Crippen molar-refractivity contribution in [3.05, 3.63) is 70.7 Å². The third-order valence-electron chi connectivity index (χ3n) is 4.64. The summed E-state index contributed by atoms with van der Waals surface area (Å²) in [5, 5.41) is 3.05. The predicted molar refractivity (Wildman–Crippen MR) is 98.8 cm³/mol. The maximum atomic E-state index is 12.3. The van der Waals surface area contributed by atoms with Crippen molar-refractivity contribution in [3.8, 4) is 0 Å². The summed E-state index contributed by atoms with van der Waals surface area (Å²) in [4.78, 5) is 26.3. The van der Waals surface area contributed by atoms with Gasteiger partial charge in [0.1, 0.15) is 0 Å². The maximum absolute atomic E-state index is 12.3. The second-order valence-corrected chi connectivity index (χ2v) is 6.64. The van der Waals surface area contributed by atoms with Gasteiger partial charge in [0.05, 0.1) is 17.1 Å². The van der Waals surface area contributed by atoms with E-state index in [9.17, 15) is 9.59 Å². The highest BCUT2D eigenvalue weighted by atomic mass is 35.5. The van der Waals surface area contributed by atoms with E-state index in [0.29, 0.717) is 16.5 Å². The molecular formula is C20H21ClN2O2. The lowest BCUT2D eigenvalue weighted by Gasteiger charge is -2.32. The van der Waals surface area contributed by atoms with Crippen LogP contribution in [0.5, 0.6) is 0 Å². The van der Waals surface area contributed by atoms with Gasteiger partial charge in [-0.1, -0.05) is 54.1 Å². The highest BCUT2D eigenvalue weighted by molar-refractivity contribution is 6.33. The fraction of sp³-hybridized carbons (Fsp3) is 0.300. The second kappa shape index (κ2) is 8.17. The molecule has 1 aliphatic rings. The van der Waals surface area contributed by atoms with Crippen LogP contribution in [0.1, 0.15) is 34.7 Å². The van der Waals surface area contributed by atoms with E-state index >= 15 is 0 Å². The van der Waals surface area contributed by atoms with Crippen LogP contribution in [0, 0.1) is 0 Å². The number of hydrogen-bond acceptors (Lipinski definition) is 2. The molecule has 2 amide bonds. The molecule has 130 valence electrons. The minimum Gasteiger partial charge on any atom is -0.343 e. The Balaban J connectivity index is 1.48. The standard InChI is InChI=1S/C20H21ClN2O2/c21-18-9-5-4-8-17(18)20(25)22-14-19(24)23-12-10-16(11-13-23)15-6-2-1-3-7-15/h1-9,16H,10-14H2,(H,22,25). The normalized spacial score (nSPS) is 15.0. The van der Waals surface area contributed by atoms with Crippen LogP contribution in [-0.4, -0.2) is 36.3 Å².